The van der Waals surface area contributed by atoms with Gasteiger partial charge in [0.25, 0.3) is 0 Å². The molecule has 1 atom stereocenters. The molecule has 16 heavy (non-hydrogen) atoms. The van der Waals surface area contributed by atoms with Crippen LogP contribution in [0.2, 0.25) is 0 Å². The quantitative estimate of drug-likeness (QED) is 0.652. The maximum atomic E-state index is 13.4. The van der Waals surface area contributed by atoms with Crippen molar-refractivity contribution in [3.05, 3.63) is 21.5 Å². The zero-order valence-electron chi connectivity index (χ0n) is 9.26. The van der Waals surface area contributed by atoms with Gasteiger partial charge >= 0.3 is 0 Å². The minimum Gasteiger partial charge on any atom is -0.397 e. The molecule has 2 rings (SSSR count). The molecule has 0 bridgehead atoms. The van der Waals surface area contributed by atoms with Crippen molar-refractivity contribution in [2.45, 2.75) is 32.2 Å². The van der Waals surface area contributed by atoms with Crippen LogP contribution in [0.25, 0.3) is 0 Å². The first-order valence-corrected chi connectivity index (χ1v) is 6.65. The minimum atomic E-state index is -0.212. The molecule has 0 radical (unpaired) electrons. The van der Waals surface area contributed by atoms with E-state index in [1.165, 1.54) is 18.9 Å². The SMILES string of the molecule is CC(CC1CC1)Nc1cc(F)c(I)cc1N. The van der Waals surface area contributed by atoms with Crippen LogP contribution in [-0.2, 0) is 0 Å². The number of hydrogen-bond donors (Lipinski definition) is 2. The molecule has 0 saturated heterocycles. The molecule has 1 aliphatic rings. The van der Waals surface area contributed by atoms with Crippen LogP contribution in [0.15, 0.2) is 12.1 Å². The average molecular weight is 334 g/mol. The highest BCUT2D eigenvalue weighted by Gasteiger charge is 2.23. The number of benzene rings is 1. The van der Waals surface area contributed by atoms with Crippen LogP contribution >= 0.6 is 22.6 Å². The van der Waals surface area contributed by atoms with Crippen LogP contribution in [-0.4, -0.2) is 6.04 Å². The van der Waals surface area contributed by atoms with Crippen molar-refractivity contribution in [3.8, 4) is 0 Å². The zero-order chi connectivity index (χ0) is 11.7. The molecule has 1 fully saturated rings. The Labute approximate surface area is 109 Å². The van der Waals surface area contributed by atoms with E-state index >= 15 is 0 Å². The summed E-state index contributed by atoms with van der Waals surface area (Å²) in [5.74, 6) is 0.647. The van der Waals surface area contributed by atoms with Crippen molar-refractivity contribution in [2.75, 3.05) is 11.1 Å². The molecule has 3 N–H and O–H groups in total. The molecule has 0 aromatic heterocycles. The first-order chi connectivity index (χ1) is 7.56. The Kier molecular flexibility index (Phi) is 3.56. The van der Waals surface area contributed by atoms with Crippen molar-refractivity contribution in [1.29, 1.82) is 0 Å². The largest absolute Gasteiger partial charge is 0.397 e. The fraction of sp³-hybridized carbons (Fsp3) is 0.500. The Morgan fingerprint density at radius 1 is 1.56 bits per heavy atom. The summed E-state index contributed by atoms with van der Waals surface area (Å²) >= 11 is 1.95. The molecule has 2 nitrogen and oxygen atoms in total. The lowest BCUT2D eigenvalue weighted by Gasteiger charge is -2.17. The summed E-state index contributed by atoms with van der Waals surface area (Å²) in [7, 11) is 0. The highest BCUT2D eigenvalue weighted by atomic mass is 127. The molecule has 0 spiro atoms. The van der Waals surface area contributed by atoms with Gasteiger partial charge in [0, 0.05) is 12.1 Å². The van der Waals surface area contributed by atoms with E-state index in [1.807, 2.05) is 22.6 Å². The second-order valence-electron chi connectivity index (χ2n) is 4.58. The van der Waals surface area contributed by atoms with E-state index in [0.29, 0.717) is 21.0 Å². The summed E-state index contributed by atoms with van der Waals surface area (Å²) in [5, 5.41) is 3.28. The van der Waals surface area contributed by atoms with Gasteiger partial charge in [-0.3, -0.25) is 0 Å². The second kappa shape index (κ2) is 4.77. The molecule has 1 aromatic rings. The second-order valence-corrected chi connectivity index (χ2v) is 5.74. The number of nitrogens with one attached hydrogen (secondary N) is 1. The number of hydrogen-bond acceptors (Lipinski definition) is 2. The van der Waals surface area contributed by atoms with Crippen LogP contribution in [0.5, 0.6) is 0 Å². The molecule has 1 saturated carbocycles. The summed E-state index contributed by atoms with van der Waals surface area (Å²) in [5.41, 5.74) is 7.18. The van der Waals surface area contributed by atoms with Gasteiger partial charge < -0.3 is 11.1 Å². The van der Waals surface area contributed by atoms with Gasteiger partial charge in [-0.2, -0.15) is 0 Å². The third-order valence-electron chi connectivity index (χ3n) is 2.88. The van der Waals surface area contributed by atoms with Gasteiger partial charge in [0.1, 0.15) is 5.82 Å². The van der Waals surface area contributed by atoms with Crippen molar-refractivity contribution in [2.24, 2.45) is 5.92 Å². The van der Waals surface area contributed by atoms with Crippen molar-refractivity contribution in [3.63, 3.8) is 0 Å². The predicted molar refractivity (Wildman–Crippen MR) is 74.0 cm³/mol. The van der Waals surface area contributed by atoms with Crippen LogP contribution in [0, 0.1) is 15.3 Å². The molecule has 4 heteroatoms. The van der Waals surface area contributed by atoms with E-state index in [1.54, 1.807) is 6.07 Å². The van der Waals surface area contributed by atoms with Gasteiger partial charge in [0.05, 0.1) is 14.9 Å². The molecule has 0 heterocycles. The minimum absolute atomic E-state index is 0.212. The average Bonchev–Trinajstić information content (AvgIpc) is 2.98. The van der Waals surface area contributed by atoms with Crippen LogP contribution in [0.3, 0.4) is 0 Å². The summed E-state index contributed by atoms with van der Waals surface area (Å²) in [6.07, 6.45) is 3.82. The topological polar surface area (TPSA) is 38.0 Å². The Morgan fingerprint density at radius 3 is 2.88 bits per heavy atom. The summed E-state index contributed by atoms with van der Waals surface area (Å²) in [4.78, 5) is 0. The van der Waals surface area contributed by atoms with Gasteiger partial charge in [-0.1, -0.05) is 12.8 Å². The van der Waals surface area contributed by atoms with Gasteiger partial charge in [-0.15, -0.1) is 0 Å². The lowest BCUT2D eigenvalue weighted by Crippen LogP contribution is -2.17. The molecule has 1 aromatic carbocycles. The van der Waals surface area contributed by atoms with Crippen molar-refractivity contribution < 1.29 is 4.39 Å². The first-order valence-electron chi connectivity index (χ1n) is 5.57. The fourth-order valence-corrected chi connectivity index (χ4v) is 2.36. The first kappa shape index (κ1) is 12.0. The number of rotatable bonds is 4. The smallest absolute Gasteiger partial charge is 0.138 e. The molecule has 88 valence electrons. The summed E-state index contributed by atoms with van der Waals surface area (Å²) in [6.45, 7) is 2.12. The van der Waals surface area contributed by atoms with Gasteiger partial charge in [0.2, 0.25) is 0 Å². The van der Waals surface area contributed by atoms with Gasteiger partial charge in [-0.25, -0.2) is 4.39 Å². The van der Waals surface area contributed by atoms with Crippen LogP contribution in [0.4, 0.5) is 15.8 Å². The van der Waals surface area contributed by atoms with Gasteiger partial charge in [0.15, 0.2) is 0 Å². The lowest BCUT2D eigenvalue weighted by atomic mass is 10.1. The van der Waals surface area contributed by atoms with E-state index < -0.39 is 0 Å². The Bertz CT molecular complexity index is 391. The lowest BCUT2D eigenvalue weighted by molar-refractivity contribution is 0.617. The third-order valence-corrected chi connectivity index (χ3v) is 3.70. The monoisotopic (exact) mass is 334 g/mol. The predicted octanol–water partition coefficient (Wildman–Crippen LogP) is 3.61. The Morgan fingerprint density at radius 2 is 2.25 bits per heavy atom. The fourth-order valence-electron chi connectivity index (χ4n) is 1.87. The van der Waals surface area contributed by atoms with E-state index in [4.69, 9.17) is 5.73 Å². The number of anilines is 2. The molecule has 1 unspecified atom stereocenters. The normalized spacial score (nSPS) is 17.2. The van der Waals surface area contributed by atoms with Crippen molar-refractivity contribution in [1.82, 2.24) is 0 Å². The van der Waals surface area contributed by atoms with E-state index in [0.717, 1.165) is 12.3 Å². The molecule has 1 aliphatic carbocycles. The molecule has 0 aliphatic heterocycles. The van der Waals surface area contributed by atoms with Crippen molar-refractivity contribution >= 4 is 34.0 Å². The standard InChI is InChI=1S/C12H16FIN2/c1-7(4-8-2-3-8)16-12-5-9(13)10(14)6-11(12)15/h5-8,16H,2-4,15H2,1H3. The summed E-state index contributed by atoms with van der Waals surface area (Å²) < 4.78 is 13.9. The summed E-state index contributed by atoms with van der Waals surface area (Å²) in [6, 6.07) is 3.51. The Balaban J connectivity index is 2.04. The van der Waals surface area contributed by atoms with Crippen LogP contribution in [0.1, 0.15) is 26.2 Å². The highest BCUT2D eigenvalue weighted by molar-refractivity contribution is 14.1. The van der Waals surface area contributed by atoms with E-state index in [-0.39, 0.29) is 5.82 Å². The third kappa shape index (κ3) is 2.99. The molecule has 0 amide bonds. The number of nitrogen functional groups attached to an aromatic ring is 1. The maximum absolute atomic E-state index is 13.4. The zero-order valence-corrected chi connectivity index (χ0v) is 11.4. The maximum Gasteiger partial charge on any atom is 0.138 e. The van der Waals surface area contributed by atoms with E-state index in [9.17, 15) is 4.39 Å². The molecular formula is C12H16FIN2. The molecular weight excluding hydrogens is 318 g/mol. The van der Waals surface area contributed by atoms with Crippen LogP contribution < -0.4 is 11.1 Å². The Hall–Kier alpha value is -0.520. The number of halogens is 2. The van der Waals surface area contributed by atoms with Gasteiger partial charge in [-0.05, 0) is 47.9 Å². The van der Waals surface area contributed by atoms with E-state index in [2.05, 4.69) is 12.2 Å². The highest BCUT2D eigenvalue weighted by Crippen LogP contribution is 2.34. The number of nitrogens with two attached hydrogens (primary N) is 1.